The number of nitrogens with one attached hydrogen (secondary N) is 1. The molecule has 1 saturated carbocycles. The van der Waals surface area contributed by atoms with Crippen LogP contribution in [0.4, 0.5) is 4.39 Å². The maximum atomic E-state index is 12.9. The minimum absolute atomic E-state index is 0.292. The molecule has 21 heavy (non-hydrogen) atoms. The van der Waals surface area contributed by atoms with Crippen LogP contribution in [-0.4, -0.2) is 11.8 Å². The second-order valence-corrected chi connectivity index (χ2v) is 5.30. The summed E-state index contributed by atoms with van der Waals surface area (Å²) in [6, 6.07) is 4.42. The molecule has 3 N–H and O–H groups in total. The minimum atomic E-state index is -0.949. The van der Waals surface area contributed by atoms with Gasteiger partial charge in [0.05, 0.1) is 0 Å². The number of carbonyl (C=O) groups is 2. The monoisotopic (exact) mass is 290 g/mol. The molecule has 1 fully saturated rings. The molecular formula is C16H19FN2O2. The Kier molecular flexibility index (Phi) is 4.73. The number of hydrogen-bond donors (Lipinski definition) is 2. The topological polar surface area (TPSA) is 72.2 Å². The van der Waals surface area contributed by atoms with Crippen molar-refractivity contribution in [1.29, 1.82) is 0 Å². The van der Waals surface area contributed by atoms with Crippen LogP contribution in [-0.2, 0) is 9.59 Å². The lowest BCUT2D eigenvalue weighted by molar-refractivity contribution is -0.125. The molecule has 0 radical (unpaired) electrons. The molecule has 1 aliphatic carbocycles. The van der Waals surface area contributed by atoms with Crippen LogP contribution in [0.3, 0.4) is 0 Å². The molecule has 0 aliphatic heterocycles. The summed E-state index contributed by atoms with van der Waals surface area (Å²) in [5, 5.41) is 2.64. The lowest BCUT2D eigenvalue weighted by Gasteiger charge is -2.17. The number of benzene rings is 1. The fourth-order valence-electron chi connectivity index (χ4n) is 2.55. The van der Waals surface area contributed by atoms with Gasteiger partial charge in [0.15, 0.2) is 0 Å². The molecule has 4 nitrogen and oxygen atoms in total. The lowest BCUT2D eigenvalue weighted by atomic mass is 10.0. The number of carbonyl (C=O) groups excluding carboxylic acids is 2. The summed E-state index contributed by atoms with van der Waals surface area (Å²) in [6.45, 7) is 1.76. The highest BCUT2D eigenvalue weighted by Gasteiger charge is 2.22. The fourth-order valence-corrected chi connectivity index (χ4v) is 2.55. The van der Waals surface area contributed by atoms with Gasteiger partial charge in [-0.2, -0.15) is 0 Å². The van der Waals surface area contributed by atoms with E-state index in [1.165, 1.54) is 24.3 Å². The van der Waals surface area contributed by atoms with Gasteiger partial charge in [0, 0.05) is 5.57 Å². The average Bonchev–Trinajstić information content (AvgIpc) is 2.98. The van der Waals surface area contributed by atoms with Gasteiger partial charge < -0.3 is 11.1 Å². The summed E-state index contributed by atoms with van der Waals surface area (Å²) < 4.78 is 12.9. The van der Waals surface area contributed by atoms with Crippen LogP contribution in [0.25, 0.3) is 0 Å². The molecule has 2 amide bonds. The Morgan fingerprint density at radius 1 is 1.19 bits per heavy atom. The maximum absolute atomic E-state index is 12.9. The number of allylic oxidation sites excluding steroid dienone is 1. The number of rotatable bonds is 4. The largest absolute Gasteiger partial charge is 0.368 e. The van der Waals surface area contributed by atoms with Gasteiger partial charge in [-0.1, -0.05) is 17.7 Å². The third kappa shape index (κ3) is 3.68. The van der Waals surface area contributed by atoms with Gasteiger partial charge in [0.1, 0.15) is 11.9 Å². The van der Waals surface area contributed by atoms with Crippen LogP contribution < -0.4 is 11.1 Å². The zero-order valence-corrected chi connectivity index (χ0v) is 12.0. The third-order valence-electron chi connectivity index (χ3n) is 3.84. The van der Waals surface area contributed by atoms with Crippen molar-refractivity contribution >= 4 is 11.8 Å². The molecule has 0 aromatic heterocycles. The maximum Gasteiger partial charge on any atom is 0.247 e. The van der Waals surface area contributed by atoms with Crippen LogP contribution in [0.15, 0.2) is 35.4 Å². The Bertz CT molecular complexity index is 570. The zero-order valence-electron chi connectivity index (χ0n) is 12.0. The highest BCUT2D eigenvalue weighted by molar-refractivity contribution is 5.97. The van der Waals surface area contributed by atoms with Gasteiger partial charge in [-0.25, -0.2) is 4.39 Å². The number of primary amides is 1. The van der Waals surface area contributed by atoms with E-state index < -0.39 is 17.8 Å². The summed E-state index contributed by atoms with van der Waals surface area (Å²) in [6.07, 6.45) is 4.04. The molecular weight excluding hydrogens is 271 g/mol. The Balaban J connectivity index is 2.17. The standard InChI is InChI=1S/C16H19FN2O2/c1-10(11-4-2-3-5-11)16(21)19-14(15(18)20)12-6-8-13(17)9-7-12/h6-9,14H,2-5H2,1H3,(H2,18,20)(H,19,21). The van der Waals surface area contributed by atoms with Crippen molar-refractivity contribution in [2.24, 2.45) is 5.73 Å². The minimum Gasteiger partial charge on any atom is -0.368 e. The molecule has 0 spiro atoms. The van der Waals surface area contributed by atoms with Gasteiger partial charge in [0.2, 0.25) is 11.8 Å². The average molecular weight is 290 g/mol. The van der Waals surface area contributed by atoms with Crippen molar-refractivity contribution in [2.45, 2.75) is 38.6 Å². The lowest BCUT2D eigenvalue weighted by Crippen LogP contribution is -2.38. The van der Waals surface area contributed by atoms with Crippen LogP contribution in [0.2, 0.25) is 0 Å². The van der Waals surface area contributed by atoms with Crippen molar-refractivity contribution < 1.29 is 14.0 Å². The van der Waals surface area contributed by atoms with Crippen LogP contribution in [0, 0.1) is 5.82 Å². The smallest absolute Gasteiger partial charge is 0.247 e. The third-order valence-corrected chi connectivity index (χ3v) is 3.84. The van der Waals surface area contributed by atoms with E-state index in [0.29, 0.717) is 11.1 Å². The number of amides is 2. The SMILES string of the molecule is CC(C(=O)NC(C(N)=O)c1ccc(F)cc1)=C1CCCC1. The summed E-state index contributed by atoms with van der Waals surface area (Å²) in [7, 11) is 0. The van der Waals surface area contributed by atoms with E-state index in [-0.39, 0.29) is 5.91 Å². The fraction of sp³-hybridized carbons (Fsp3) is 0.375. The summed E-state index contributed by atoms with van der Waals surface area (Å²) in [4.78, 5) is 23.8. The first-order valence-electron chi connectivity index (χ1n) is 7.03. The molecule has 5 heteroatoms. The van der Waals surface area contributed by atoms with Crippen molar-refractivity contribution in [3.05, 3.63) is 46.8 Å². The molecule has 1 aromatic rings. The van der Waals surface area contributed by atoms with E-state index in [2.05, 4.69) is 5.32 Å². The van der Waals surface area contributed by atoms with Crippen LogP contribution in [0.5, 0.6) is 0 Å². The Labute approximate surface area is 123 Å². The highest BCUT2D eigenvalue weighted by atomic mass is 19.1. The predicted molar refractivity (Wildman–Crippen MR) is 77.6 cm³/mol. The van der Waals surface area contributed by atoms with Crippen LogP contribution in [0.1, 0.15) is 44.2 Å². The molecule has 0 bridgehead atoms. The summed E-state index contributed by atoms with van der Waals surface area (Å²) >= 11 is 0. The predicted octanol–water partition coefficient (Wildman–Crippen LogP) is 2.36. The molecule has 112 valence electrons. The molecule has 1 unspecified atom stereocenters. The summed E-state index contributed by atoms with van der Waals surface area (Å²) in [5.74, 6) is -1.36. The van der Waals surface area contributed by atoms with E-state index in [1.54, 1.807) is 6.92 Å². The molecule has 0 heterocycles. The van der Waals surface area contributed by atoms with Gasteiger partial charge in [-0.15, -0.1) is 0 Å². The van der Waals surface area contributed by atoms with Gasteiger partial charge in [-0.05, 0) is 50.3 Å². The molecule has 1 atom stereocenters. The van der Waals surface area contributed by atoms with E-state index in [4.69, 9.17) is 5.73 Å². The Morgan fingerprint density at radius 3 is 2.29 bits per heavy atom. The second kappa shape index (κ2) is 6.52. The van der Waals surface area contributed by atoms with Gasteiger partial charge in [-0.3, -0.25) is 9.59 Å². The van der Waals surface area contributed by atoms with E-state index in [1.807, 2.05) is 0 Å². The second-order valence-electron chi connectivity index (χ2n) is 5.30. The molecule has 1 aromatic carbocycles. The van der Waals surface area contributed by atoms with E-state index >= 15 is 0 Å². The van der Waals surface area contributed by atoms with Crippen molar-refractivity contribution in [1.82, 2.24) is 5.32 Å². The van der Waals surface area contributed by atoms with Gasteiger partial charge >= 0.3 is 0 Å². The van der Waals surface area contributed by atoms with Gasteiger partial charge in [0.25, 0.3) is 0 Å². The number of nitrogens with two attached hydrogens (primary N) is 1. The zero-order chi connectivity index (χ0) is 15.4. The Morgan fingerprint density at radius 2 is 1.76 bits per heavy atom. The van der Waals surface area contributed by atoms with Crippen molar-refractivity contribution in [3.8, 4) is 0 Å². The molecule has 2 rings (SSSR count). The number of hydrogen-bond acceptors (Lipinski definition) is 2. The van der Waals surface area contributed by atoms with E-state index in [9.17, 15) is 14.0 Å². The molecule has 0 saturated heterocycles. The summed E-state index contributed by atoms with van der Waals surface area (Å²) in [5.41, 5.74) is 7.61. The molecule has 1 aliphatic rings. The first-order chi connectivity index (χ1) is 9.99. The van der Waals surface area contributed by atoms with Crippen molar-refractivity contribution in [2.75, 3.05) is 0 Å². The highest BCUT2D eigenvalue weighted by Crippen LogP contribution is 2.27. The first-order valence-corrected chi connectivity index (χ1v) is 7.03. The normalized spacial score (nSPS) is 15.6. The van der Waals surface area contributed by atoms with Crippen molar-refractivity contribution in [3.63, 3.8) is 0 Å². The van der Waals surface area contributed by atoms with E-state index in [0.717, 1.165) is 31.3 Å². The van der Waals surface area contributed by atoms with Crippen LogP contribution >= 0.6 is 0 Å². The number of halogens is 1. The first kappa shape index (κ1) is 15.2. The Hall–Kier alpha value is -2.17. The quantitative estimate of drug-likeness (QED) is 0.836.